The summed E-state index contributed by atoms with van der Waals surface area (Å²) in [5, 5.41) is 0. The smallest absolute Gasteiger partial charge is 0.133 e. The van der Waals surface area contributed by atoms with Crippen LogP contribution in [0, 0.1) is 5.92 Å². The molecule has 0 N–H and O–H groups in total. The fraction of sp³-hybridized carbons (Fsp3) is 0.750. The first-order valence-electron chi connectivity index (χ1n) is 5.35. The molecule has 0 spiro atoms. The SMILES string of the molecule is CC=CC(C)CC(=O)CCCCC. The van der Waals surface area contributed by atoms with Crippen molar-refractivity contribution in [3.63, 3.8) is 0 Å². The Kier molecular flexibility index (Phi) is 7.66. The van der Waals surface area contributed by atoms with Crippen LogP contribution in [0.4, 0.5) is 0 Å². The van der Waals surface area contributed by atoms with E-state index in [0.717, 1.165) is 12.8 Å². The number of hydrogen-bond donors (Lipinski definition) is 0. The monoisotopic (exact) mass is 182 g/mol. The van der Waals surface area contributed by atoms with Crippen LogP contribution in [0.5, 0.6) is 0 Å². The molecular weight excluding hydrogens is 160 g/mol. The summed E-state index contributed by atoms with van der Waals surface area (Å²) in [6.07, 6.45) is 9.05. The zero-order chi connectivity index (χ0) is 10.1. The quantitative estimate of drug-likeness (QED) is 0.433. The van der Waals surface area contributed by atoms with E-state index in [1.54, 1.807) is 0 Å². The van der Waals surface area contributed by atoms with Gasteiger partial charge in [-0.1, -0.05) is 38.8 Å². The van der Waals surface area contributed by atoms with Crippen LogP contribution in [0.3, 0.4) is 0 Å². The van der Waals surface area contributed by atoms with E-state index >= 15 is 0 Å². The standard InChI is InChI=1S/C12H22O/c1-4-6-7-9-12(13)10-11(3)8-5-2/h5,8,11H,4,6-7,9-10H2,1-3H3. The molecule has 0 saturated carbocycles. The Morgan fingerprint density at radius 3 is 2.62 bits per heavy atom. The molecule has 0 amide bonds. The van der Waals surface area contributed by atoms with Crippen LogP contribution < -0.4 is 0 Å². The molecule has 13 heavy (non-hydrogen) atoms. The number of hydrogen-bond acceptors (Lipinski definition) is 1. The largest absolute Gasteiger partial charge is 0.300 e. The Balaban J connectivity index is 3.50. The zero-order valence-electron chi connectivity index (χ0n) is 9.18. The van der Waals surface area contributed by atoms with E-state index in [1.807, 2.05) is 13.0 Å². The summed E-state index contributed by atoms with van der Waals surface area (Å²) in [5.74, 6) is 0.832. The molecule has 0 aliphatic heterocycles. The molecule has 0 saturated heterocycles. The van der Waals surface area contributed by atoms with Gasteiger partial charge in [-0.2, -0.15) is 0 Å². The fourth-order valence-electron chi connectivity index (χ4n) is 1.43. The van der Waals surface area contributed by atoms with E-state index in [-0.39, 0.29) is 0 Å². The first kappa shape index (κ1) is 12.4. The highest BCUT2D eigenvalue weighted by Gasteiger charge is 2.05. The average molecular weight is 182 g/mol. The van der Waals surface area contributed by atoms with Crippen molar-refractivity contribution in [2.45, 2.75) is 52.9 Å². The number of unbranched alkanes of at least 4 members (excludes halogenated alkanes) is 2. The Hall–Kier alpha value is -0.590. The maximum atomic E-state index is 11.4. The number of ketones is 1. The van der Waals surface area contributed by atoms with Gasteiger partial charge in [0.05, 0.1) is 0 Å². The first-order chi connectivity index (χ1) is 6.20. The Labute approximate surface area is 82.2 Å². The molecule has 1 heteroatoms. The Morgan fingerprint density at radius 1 is 1.38 bits per heavy atom. The molecule has 0 bridgehead atoms. The third-order valence-corrected chi connectivity index (χ3v) is 2.13. The number of rotatable bonds is 7. The van der Waals surface area contributed by atoms with E-state index in [9.17, 15) is 4.79 Å². The molecule has 1 atom stereocenters. The molecule has 0 radical (unpaired) electrons. The molecule has 1 nitrogen and oxygen atoms in total. The van der Waals surface area contributed by atoms with Gasteiger partial charge in [0, 0.05) is 12.8 Å². The summed E-state index contributed by atoms with van der Waals surface area (Å²) in [6.45, 7) is 6.25. The zero-order valence-corrected chi connectivity index (χ0v) is 9.18. The van der Waals surface area contributed by atoms with Crippen LogP contribution in [-0.4, -0.2) is 5.78 Å². The maximum Gasteiger partial charge on any atom is 0.133 e. The third-order valence-electron chi connectivity index (χ3n) is 2.13. The molecule has 0 fully saturated rings. The minimum absolute atomic E-state index is 0.416. The van der Waals surface area contributed by atoms with Crippen molar-refractivity contribution in [3.05, 3.63) is 12.2 Å². The summed E-state index contributed by atoms with van der Waals surface area (Å²) in [5.41, 5.74) is 0. The lowest BCUT2D eigenvalue weighted by molar-refractivity contribution is -0.119. The van der Waals surface area contributed by atoms with Crippen molar-refractivity contribution in [1.29, 1.82) is 0 Å². The van der Waals surface area contributed by atoms with Crippen molar-refractivity contribution in [2.24, 2.45) is 5.92 Å². The number of carbonyl (C=O) groups excluding carboxylic acids is 1. The van der Waals surface area contributed by atoms with Crippen LogP contribution in [0.2, 0.25) is 0 Å². The first-order valence-corrected chi connectivity index (χ1v) is 5.35. The minimum Gasteiger partial charge on any atom is -0.300 e. The van der Waals surface area contributed by atoms with Crippen LogP contribution in [0.25, 0.3) is 0 Å². The normalized spacial score (nSPS) is 13.5. The van der Waals surface area contributed by atoms with E-state index in [2.05, 4.69) is 19.9 Å². The van der Waals surface area contributed by atoms with Gasteiger partial charge in [0.1, 0.15) is 5.78 Å². The Bertz CT molecular complexity index is 159. The van der Waals surface area contributed by atoms with Gasteiger partial charge in [0.2, 0.25) is 0 Å². The van der Waals surface area contributed by atoms with Gasteiger partial charge in [-0.15, -0.1) is 0 Å². The molecule has 1 unspecified atom stereocenters. The summed E-state index contributed by atoms with van der Waals surface area (Å²) < 4.78 is 0. The maximum absolute atomic E-state index is 11.4. The van der Waals surface area contributed by atoms with Gasteiger partial charge in [-0.25, -0.2) is 0 Å². The second kappa shape index (κ2) is 8.03. The van der Waals surface area contributed by atoms with Crippen LogP contribution in [0.15, 0.2) is 12.2 Å². The molecule has 0 aromatic carbocycles. The van der Waals surface area contributed by atoms with Crippen molar-refractivity contribution < 1.29 is 4.79 Å². The van der Waals surface area contributed by atoms with Crippen molar-refractivity contribution in [1.82, 2.24) is 0 Å². The minimum atomic E-state index is 0.416. The van der Waals surface area contributed by atoms with E-state index < -0.39 is 0 Å². The molecular formula is C12H22O. The average Bonchev–Trinajstić information content (AvgIpc) is 2.05. The van der Waals surface area contributed by atoms with Crippen molar-refractivity contribution in [3.8, 4) is 0 Å². The van der Waals surface area contributed by atoms with Gasteiger partial charge >= 0.3 is 0 Å². The predicted octanol–water partition coefficient (Wildman–Crippen LogP) is 3.74. The second-order valence-electron chi connectivity index (χ2n) is 3.70. The summed E-state index contributed by atoms with van der Waals surface area (Å²) in [4.78, 5) is 11.4. The van der Waals surface area contributed by atoms with Crippen LogP contribution in [-0.2, 0) is 4.79 Å². The summed E-state index contributed by atoms with van der Waals surface area (Å²) in [7, 11) is 0. The van der Waals surface area contributed by atoms with E-state index in [1.165, 1.54) is 12.8 Å². The van der Waals surface area contributed by atoms with Crippen LogP contribution >= 0.6 is 0 Å². The van der Waals surface area contributed by atoms with Crippen LogP contribution in [0.1, 0.15) is 52.9 Å². The molecule has 0 heterocycles. The van der Waals surface area contributed by atoms with Gasteiger partial charge in [0.15, 0.2) is 0 Å². The van der Waals surface area contributed by atoms with E-state index in [4.69, 9.17) is 0 Å². The lowest BCUT2D eigenvalue weighted by Crippen LogP contribution is -2.03. The number of allylic oxidation sites excluding steroid dienone is 2. The molecule has 0 aromatic heterocycles. The lowest BCUT2D eigenvalue weighted by Gasteiger charge is -2.04. The van der Waals surface area contributed by atoms with Gasteiger partial charge in [-0.3, -0.25) is 4.79 Å². The molecule has 76 valence electrons. The number of Topliss-reactive ketones (excluding diaryl/α,β-unsaturated/α-hetero) is 1. The van der Waals surface area contributed by atoms with E-state index in [0.29, 0.717) is 18.1 Å². The van der Waals surface area contributed by atoms with Crippen molar-refractivity contribution in [2.75, 3.05) is 0 Å². The molecule has 0 rings (SSSR count). The van der Waals surface area contributed by atoms with Gasteiger partial charge in [-0.05, 0) is 19.3 Å². The topological polar surface area (TPSA) is 17.1 Å². The predicted molar refractivity (Wildman–Crippen MR) is 57.7 cm³/mol. The summed E-state index contributed by atoms with van der Waals surface area (Å²) in [6, 6.07) is 0. The molecule has 0 aliphatic carbocycles. The lowest BCUT2D eigenvalue weighted by atomic mass is 10.0. The Morgan fingerprint density at radius 2 is 2.08 bits per heavy atom. The third kappa shape index (κ3) is 7.76. The number of carbonyl (C=O) groups is 1. The summed E-state index contributed by atoms with van der Waals surface area (Å²) >= 11 is 0. The van der Waals surface area contributed by atoms with Gasteiger partial charge < -0.3 is 0 Å². The molecule has 0 aliphatic rings. The highest BCUT2D eigenvalue weighted by atomic mass is 16.1. The molecule has 0 aromatic rings. The highest BCUT2D eigenvalue weighted by Crippen LogP contribution is 2.09. The second-order valence-corrected chi connectivity index (χ2v) is 3.70. The van der Waals surface area contributed by atoms with Gasteiger partial charge in [0.25, 0.3) is 0 Å². The highest BCUT2D eigenvalue weighted by molar-refractivity contribution is 5.78. The van der Waals surface area contributed by atoms with Crippen molar-refractivity contribution >= 4 is 5.78 Å². The fourth-order valence-corrected chi connectivity index (χ4v) is 1.43.